The first-order chi connectivity index (χ1) is 12.7. The van der Waals surface area contributed by atoms with Crippen molar-refractivity contribution in [3.63, 3.8) is 0 Å². The fourth-order valence-corrected chi connectivity index (χ4v) is 2.74. The zero-order chi connectivity index (χ0) is 18.4. The Kier molecular flexibility index (Phi) is 5.69. The highest BCUT2D eigenvalue weighted by atomic mass is 16.5. The van der Waals surface area contributed by atoms with Crippen molar-refractivity contribution in [3.8, 4) is 17.0 Å². The minimum Gasteiger partial charge on any atom is -0.497 e. The molecular formula is C21H22N2O3. The Morgan fingerprint density at radius 2 is 1.96 bits per heavy atom. The number of ether oxygens (including phenoxy) is 1. The number of oxazole rings is 1. The van der Waals surface area contributed by atoms with Gasteiger partial charge in [0.2, 0.25) is 11.8 Å². The van der Waals surface area contributed by atoms with Crippen LogP contribution in [0.1, 0.15) is 23.6 Å². The highest BCUT2D eigenvalue weighted by Gasteiger charge is 2.12. The van der Waals surface area contributed by atoms with E-state index >= 15 is 0 Å². The average Bonchev–Trinajstić information content (AvgIpc) is 3.06. The molecule has 0 bridgehead atoms. The van der Waals surface area contributed by atoms with E-state index in [9.17, 15) is 4.79 Å². The smallest absolute Gasteiger partial charge is 0.220 e. The lowest BCUT2D eigenvalue weighted by Crippen LogP contribution is -2.23. The summed E-state index contributed by atoms with van der Waals surface area (Å²) in [5, 5.41) is 2.86. The predicted octanol–water partition coefficient (Wildman–Crippen LogP) is 3.91. The van der Waals surface area contributed by atoms with Gasteiger partial charge in [-0.05, 0) is 31.0 Å². The van der Waals surface area contributed by atoms with Gasteiger partial charge in [0, 0.05) is 12.0 Å². The molecule has 0 saturated carbocycles. The maximum atomic E-state index is 12.1. The molecule has 134 valence electrons. The molecule has 0 spiro atoms. The normalized spacial score (nSPS) is 10.5. The monoisotopic (exact) mass is 350 g/mol. The van der Waals surface area contributed by atoms with E-state index in [1.165, 1.54) is 0 Å². The summed E-state index contributed by atoms with van der Waals surface area (Å²) in [4.78, 5) is 16.6. The summed E-state index contributed by atoms with van der Waals surface area (Å²) < 4.78 is 10.9. The number of methoxy groups -OCH3 is 1. The minimum absolute atomic E-state index is 0.0371. The molecule has 0 aliphatic carbocycles. The zero-order valence-corrected chi connectivity index (χ0v) is 15.0. The number of hydrogen-bond acceptors (Lipinski definition) is 4. The molecule has 1 N–H and O–H groups in total. The van der Waals surface area contributed by atoms with Crippen LogP contribution in [0.3, 0.4) is 0 Å². The van der Waals surface area contributed by atoms with Crippen molar-refractivity contribution in [2.75, 3.05) is 7.11 Å². The van der Waals surface area contributed by atoms with Crippen molar-refractivity contribution >= 4 is 5.91 Å². The van der Waals surface area contributed by atoms with E-state index in [-0.39, 0.29) is 12.5 Å². The molecule has 1 amide bonds. The fraction of sp³-hybridized carbons (Fsp3) is 0.238. The Bertz CT molecular complexity index is 872. The SMILES string of the molecule is COc1cccc(CCC(=O)NCc2nc(-c3ccccc3)c(C)o2)c1. The van der Waals surface area contributed by atoms with Gasteiger partial charge in [-0.3, -0.25) is 4.79 Å². The maximum Gasteiger partial charge on any atom is 0.220 e. The number of hydrogen-bond donors (Lipinski definition) is 1. The number of rotatable bonds is 7. The third kappa shape index (κ3) is 4.51. The lowest BCUT2D eigenvalue weighted by molar-refractivity contribution is -0.121. The van der Waals surface area contributed by atoms with Crippen LogP contribution in [0.4, 0.5) is 0 Å². The molecule has 2 aromatic carbocycles. The zero-order valence-electron chi connectivity index (χ0n) is 15.0. The van der Waals surface area contributed by atoms with E-state index in [2.05, 4.69) is 10.3 Å². The predicted molar refractivity (Wildman–Crippen MR) is 99.8 cm³/mol. The Morgan fingerprint density at radius 1 is 1.15 bits per heavy atom. The molecule has 5 heteroatoms. The van der Waals surface area contributed by atoms with E-state index in [0.29, 0.717) is 18.7 Å². The standard InChI is InChI=1S/C21H22N2O3/c1-15-21(17-8-4-3-5-9-17)23-20(26-15)14-22-19(24)12-11-16-7-6-10-18(13-16)25-2/h3-10,13H,11-12,14H2,1-2H3,(H,22,24). The van der Waals surface area contributed by atoms with Gasteiger partial charge in [-0.2, -0.15) is 0 Å². The highest BCUT2D eigenvalue weighted by Crippen LogP contribution is 2.23. The fourth-order valence-electron chi connectivity index (χ4n) is 2.74. The van der Waals surface area contributed by atoms with Gasteiger partial charge < -0.3 is 14.5 Å². The maximum absolute atomic E-state index is 12.1. The molecule has 0 aliphatic rings. The van der Waals surface area contributed by atoms with E-state index in [0.717, 1.165) is 28.3 Å². The largest absolute Gasteiger partial charge is 0.497 e. The van der Waals surface area contributed by atoms with Crippen LogP contribution in [-0.2, 0) is 17.8 Å². The van der Waals surface area contributed by atoms with E-state index in [1.807, 2.05) is 61.5 Å². The summed E-state index contributed by atoms with van der Waals surface area (Å²) in [7, 11) is 1.63. The molecule has 0 saturated heterocycles. The number of nitrogens with one attached hydrogen (secondary N) is 1. The van der Waals surface area contributed by atoms with E-state index in [1.54, 1.807) is 7.11 Å². The molecule has 1 aromatic heterocycles. The number of carbonyl (C=O) groups is 1. The van der Waals surface area contributed by atoms with Crippen LogP contribution >= 0.6 is 0 Å². The van der Waals surface area contributed by atoms with Gasteiger partial charge in [0.15, 0.2) is 0 Å². The average molecular weight is 350 g/mol. The van der Waals surface area contributed by atoms with Crippen LogP contribution in [-0.4, -0.2) is 18.0 Å². The van der Waals surface area contributed by atoms with Crippen molar-refractivity contribution in [1.82, 2.24) is 10.3 Å². The summed E-state index contributed by atoms with van der Waals surface area (Å²) in [6.45, 7) is 2.16. The van der Waals surface area contributed by atoms with Gasteiger partial charge in [0.1, 0.15) is 17.2 Å². The summed E-state index contributed by atoms with van der Waals surface area (Å²) >= 11 is 0. The second kappa shape index (κ2) is 8.34. The lowest BCUT2D eigenvalue weighted by atomic mass is 10.1. The van der Waals surface area contributed by atoms with Crippen molar-refractivity contribution in [2.24, 2.45) is 0 Å². The van der Waals surface area contributed by atoms with Crippen molar-refractivity contribution in [3.05, 3.63) is 71.8 Å². The Hall–Kier alpha value is -3.08. The number of benzene rings is 2. The first-order valence-electron chi connectivity index (χ1n) is 8.57. The molecule has 0 fully saturated rings. The Morgan fingerprint density at radius 3 is 2.73 bits per heavy atom. The number of nitrogens with zero attached hydrogens (tertiary/aromatic N) is 1. The first kappa shape index (κ1) is 17.7. The van der Waals surface area contributed by atoms with Gasteiger partial charge in [0.25, 0.3) is 0 Å². The van der Waals surface area contributed by atoms with Gasteiger partial charge in [0.05, 0.1) is 13.7 Å². The second-order valence-corrected chi connectivity index (χ2v) is 6.01. The number of amides is 1. The summed E-state index contributed by atoms with van der Waals surface area (Å²) in [5.41, 5.74) is 2.88. The summed E-state index contributed by atoms with van der Waals surface area (Å²) in [6.07, 6.45) is 1.06. The molecule has 0 radical (unpaired) electrons. The van der Waals surface area contributed by atoms with Crippen LogP contribution in [0.15, 0.2) is 59.0 Å². The van der Waals surface area contributed by atoms with Crippen molar-refractivity contribution in [1.29, 1.82) is 0 Å². The molecular weight excluding hydrogens is 328 g/mol. The van der Waals surface area contributed by atoms with Crippen LogP contribution in [0.5, 0.6) is 5.75 Å². The third-order valence-electron chi connectivity index (χ3n) is 4.10. The third-order valence-corrected chi connectivity index (χ3v) is 4.10. The topological polar surface area (TPSA) is 64.4 Å². The molecule has 0 unspecified atom stereocenters. The molecule has 0 aliphatic heterocycles. The van der Waals surface area contributed by atoms with Crippen molar-refractivity contribution in [2.45, 2.75) is 26.3 Å². The highest BCUT2D eigenvalue weighted by molar-refractivity contribution is 5.76. The molecule has 0 atom stereocenters. The number of aromatic nitrogens is 1. The van der Waals surface area contributed by atoms with Gasteiger partial charge >= 0.3 is 0 Å². The van der Waals surface area contributed by atoms with Crippen LogP contribution in [0, 0.1) is 6.92 Å². The van der Waals surface area contributed by atoms with Crippen LogP contribution < -0.4 is 10.1 Å². The van der Waals surface area contributed by atoms with Gasteiger partial charge in [-0.1, -0.05) is 42.5 Å². The van der Waals surface area contributed by atoms with E-state index < -0.39 is 0 Å². The molecule has 5 nitrogen and oxygen atoms in total. The van der Waals surface area contributed by atoms with E-state index in [4.69, 9.17) is 9.15 Å². The molecule has 26 heavy (non-hydrogen) atoms. The molecule has 1 heterocycles. The first-order valence-corrected chi connectivity index (χ1v) is 8.57. The summed E-state index contributed by atoms with van der Waals surface area (Å²) in [6, 6.07) is 17.6. The van der Waals surface area contributed by atoms with Crippen LogP contribution in [0.25, 0.3) is 11.3 Å². The summed E-state index contributed by atoms with van der Waals surface area (Å²) in [5.74, 6) is 2.02. The number of carbonyl (C=O) groups excluding carboxylic acids is 1. The van der Waals surface area contributed by atoms with Gasteiger partial charge in [-0.15, -0.1) is 0 Å². The Labute approximate surface area is 153 Å². The number of aryl methyl sites for hydroxylation is 2. The quantitative estimate of drug-likeness (QED) is 0.702. The van der Waals surface area contributed by atoms with Crippen LogP contribution in [0.2, 0.25) is 0 Å². The second-order valence-electron chi connectivity index (χ2n) is 6.01. The van der Waals surface area contributed by atoms with Gasteiger partial charge in [-0.25, -0.2) is 4.98 Å². The Balaban J connectivity index is 1.53. The molecule has 3 rings (SSSR count). The van der Waals surface area contributed by atoms with Crippen molar-refractivity contribution < 1.29 is 13.9 Å². The lowest BCUT2D eigenvalue weighted by Gasteiger charge is -2.05. The molecule has 3 aromatic rings. The minimum atomic E-state index is -0.0371.